The summed E-state index contributed by atoms with van der Waals surface area (Å²) in [4.78, 5) is 2.14. The summed E-state index contributed by atoms with van der Waals surface area (Å²) in [7, 11) is 5.83. The van der Waals surface area contributed by atoms with Crippen LogP contribution in [0.15, 0.2) is 0 Å². The molecule has 1 unspecified atom stereocenters. The van der Waals surface area contributed by atoms with E-state index in [9.17, 15) is 0 Å². The zero-order chi connectivity index (χ0) is 9.78. The number of likely N-dealkylation sites (N-methyl/N-ethyl adjacent to an activating group) is 1. The molecule has 0 aromatic carbocycles. The largest absolute Gasteiger partial charge is 0.379 e. The fourth-order valence-electron chi connectivity index (χ4n) is 1.13. The molecule has 0 rings (SSSR count). The van der Waals surface area contributed by atoms with Gasteiger partial charge in [0.2, 0.25) is 0 Å². The summed E-state index contributed by atoms with van der Waals surface area (Å²) in [6.45, 7) is 4.85. The minimum Gasteiger partial charge on any atom is -0.379 e. The quantitative estimate of drug-likeness (QED) is 0.666. The lowest BCUT2D eigenvalue weighted by Crippen LogP contribution is -2.41. The Morgan fingerprint density at radius 2 is 1.92 bits per heavy atom. The number of rotatable bonds is 5. The second-order valence-electron chi connectivity index (χ2n) is 4.02. The molecule has 3 heteroatoms. The van der Waals surface area contributed by atoms with E-state index < -0.39 is 0 Å². The molecule has 12 heavy (non-hydrogen) atoms. The summed E-state index contributed by atoms with van der Waals surface area (Å²) < 4.78 is 5.34. The molecule has 0 saturated heterocycles. The molecule has 0 bridgehead atoms. The number of hydrogen-bond donors (Lipinski definition) is 1. The normalized spacial score (nSPS) is 15.2. The maximum Gasteiger partial charge on any atom is 0.0638 e. The van der Waals surface area contributed by atoms with Crippen molar-refractivity contribution in [1.82, 2.24) is 4.90 Å². The summed E-state index contributed by atoms with van der Waals surface area (Å²) in [6.07, 6.45) is 0.965. The highest BCUT2D eigenvalue weighted by atomic mass is 16.5. The lowest BCUT2D eigenvalue weighted by atomic mass is 9.98. The Morgan fingerprint density at radius 1 is 1.42 bits per heavy atom. The van der Waals surface area contributed by atoms with Crippen LogP contribution in [0.2, 0.25) is 0 Å². The lowest BCUT2D eigenvalue weighted by Gasteiger charge is -2.31. The Kier molecular flexibility index (Phi) is 4.75. The predicted octanol–water partition coefficient (Wildman–Crippen LogP) is 0.690. The third kappa shape index (κ3) is 4.04. The van der Waals surface area contributed by atoms with Gasteiger partial charge in [-0.15, -0.1) is 0 Å². The summed E-state index contributed by atoms with van der Waals surface area (Å²) >= 11 is 0. The van der Waals surface area contributed by atoms with E-state index in [0.717, 1.165) is 6.42 Å². The van der Waals surface area contributed by atoms with E-state index in [-0.39, 0.29) is 5.60 Å². The number of methoxy groups -OCH3 is 1. The average Bonchev–Trinajstić information content (AvgIpc) is 2.00. The molecule has 74 valence electrons. The third-order valence-electron chi connectivity index (χ3n) is 2.28. The molecular formula is C9H22N2O. The number of hydrogen-bond acceptors (Lipinski definition) is 3. The van der Waals surface area contributed by atoms with Gasteiger partial charge in [-0.05, 0) is 34.4 Å². The van der Waals surface area contributed by atoms with Crippen LogP contribution >= 0.6 is 0 Å². The molecule has 0 amide bonds. The average molecular weight is 174 g/mol. The van der Waals surface area contributed by atoms with Crippen molar-refractivity contribution >= 4 is 0 Å². The van der Waals surface area contributed by atoms with E-state index in [2.05, 4.69) is 18.7 Å². The van der Waals surface area contributed by atoms with Gasteiger partial charge < -0.3 is 15.4 Å². The predicted molar refractivity (Wildman–Crippen MR) is 52.2 cm³/mol. The van der Waals surface area contributed by atoms with E-state index in [1.807, 2.05) is 14.1 Å². The molecule has 0 aromatic rings. The maximum absolute atomic E-state index is 5.64. The van der Waals surface area contributed by atoms with Crippen molar-refractivity contribution in [3.8, 4) is 0 Å². The molecule has 0 aliphatic heterocycles. The summed E-state index contributed by atoms with van der Waals surface area (Å²) in [5, 5.41) is 0. The van der Waals surface area contributed by atoms with Crippen LogP contribution in [0.3, 0.4) is 0 Å². The number of nitrogens with zero attached hydrogens (tertiary/aromatic N) is 1. The van der Waals surface area contributed by atoms with Crippen molar-refractivity contribution in [3.05, 3.63) is 0 Å². The first-order chi connectivity index (χ1) is 5.43. The minimum atomic E-state index is -0.0751. The molecule has 0 spiro atoms. The van der Waals surface area contributed by atoms with E-state index >= 15 is 0 Å². The van der Waals surface area contributed by atoms with Gasteiger partial charge in [0.25, 0.3) is 0 Å². The van der Waals surface area contributed by atoms with Crippen LogP contribution in [-0.4, -0.2) is 44.3 Å². The lowest BCUT2D eigenvalue weighted by molar-refractivity contribution is -0.00189. The van der Waals surface area contributed by atoms with Gasteiger partial charge in [0, 0.05) is 19.7 Å². The van der Waals surface area contributed by atoms with Gasteiger partial charge in [0.15, 0.2) is 0 Å². The highest BCUT2D eigenvalue weighted by molar-refractivity contribution is 4.78. The molecular weight excluding hydrogens is 152 g/mol. The second kappa shape index (κ2) is 4.80. The Balaban J connectivity index is 4.01. The molecule has 2 N–H and O–H groups in total. The molecule has 3 nitrogen and oxygen atoms in total. The third-order valence-corrected chi connectivity index (χ3v) is 2.28. The van der Waals surface area contributed by atoms with Crippen molar-refractivity contribution in [1.29, 1.82) is 0 Å². The van der Waals surface area contributed by atoms with Crippen molar-refractivity contribution in [2.45, 2.75) is 31.9 Å². The molecule has 1 atom stereocenters. The van der Waals surface area contributed by atoms with E-state index in [4.69, 9.17) is 10.5 Å². The van der Waals surface area contributed by atoms with Gasteiger partial charge in [0.05, 0.1) is 5.60 Å². The van der Waals surface area contributed by atoms with Crippen LogP contribution in [0.5, 0.6) is 0 Å². The first-order valence-corrected chi connectivity index (χ1v) is 4.34. The van der Waals surface area contributed by atoms with E-state index in [1.54, 1.807) is 7.11 Å². The highest BCUT2D eigenvalue weighted by Gasteiger charge is 2.22. The van der Waals surface area contributed by atoms with Crippen LogP contribution in [0.25, 0.3) is 0 Å². The smallest absolute Gasteiger partial charge is 0.0638 e. The molecule has 0 aliphatic rings. The SMILES string of the molecule is COC(C)(C)CC(CN)N(C)C. The molecule has 0 aliphatic carbocycles. The molecule has 0 heterocycles. The van der Waals surface area contributed by atoms with Crippen LogP contribution in [0, 0.1) is 0 Å². The van der Waals surface area contributed by atoms with Gasteiger partial charge in [-0.1, -0.05) is 0 Å². The van der Waals surface area contributed by atoms with Crippen LogP contribution in [-0.2, 0) is 4.74 Å². The fraction of sp³-hybridized carbons (Fsp3) is 1.00. The van der Waals surface area contributed by atoms with E-state index in [0.29, 0.717) is 12.6 Å². The Labute approximate surface area is 75.9 Å². The highest BCUT2D eigenvalue weighted by Crippen LogP contribution is 2.16. The second-order valence-corrected chi connectivity index (χ2v) is 4.02. The summed E-state index contributed by atoms with van der Waals surface area (Å²) in [5.41, 5.74) is 5.56. The van der Waals surface area contributed by atoms with Crippen molar-refractivity contribution in [2.24, 2.45) is 5.73 Å². The van der Waals surface area contributed by atoms with Gasteiger partial charge >= 0.3 is 0 Å². The molecule has 0 aromatic heterocycles. The van der Waals surface area contributed by atoms with Crippen molar-refractivity contribution < 1.29 is 4.74 Å². The molecule has 0 radical (unpaired) electrons. The van der Waals surface area contributed by atoms with Crippen LogP contribution < -0.4 is 5.73 Å². The van der Waals surface area contributed by atoms with Crippen molar-refractivity contribution in [2.75, 3.05) is 27.7 Å². The Bertz CT molecular complexity index is 124. The summed E-state index contributed by atoms with van der Waals surface area (Å²) in [6, 6.07) is 0.403. The van der Waals surface area contributed by atoms with Gasteiger partial charge in [-0.3, -0.25) is 0 Å². The summed E-state index contributed by atoms with van der Waals surface area (Å²) in [5.74, 6) is 0. The minimum absolute atomic E-state index is 0.0751. The van der Waals surface area contributed by atoms with Gasteiger partial charge in [-0.2, -0.15) is 0 Å². The first-order valence-electron chi connectivity index (χ1n) is 4.34. The van der Waals surface area contributed by atoms with Gasteiger partial charge in [0.1, 0.15) is 0 Å². The topological polar surface area (TPSA) is 38.5 Å². The zero-order valence-corrected chi connectivity index (χ0v) is 8.92. The first kappa shape index (κ1) is 11.9. The number of nitrogens with two attached hydrogens (primary N) is 1. The van der Waals surface area contributed by atoms with E-state index in [1.165, 1.54) is 0 Å². The zero-order valence-electron chi connectivity index (χ0n) is 8.92. The number of ether oxygens (including phenoxy) is 1. The Morgan fingerprint density at radius 3 is 2.17 bits per heavy atom. The van der Waals surface area contributed by atoms with Crippen LogP contribution in [0.1, 0.15) is 20.3 Å². The monoisotopic (exact) mass is 174 g/mol. The maximum atomic E-state index is 5.64. The van der Waals surface area contributed by atoms with Crippen molar-refractivity contribution in [3.63, 3.8) is 0 Å². The van der Waals surface area contributed by atoms with Gasteiger partial charge in [-0.25, -0.2) is 0 Å². The molecule has 0 saturated carbocycles. The molecule has 0 fully saturated rings. The fourth-order valence-corrected chi connectivity index (χ4v) is 1.13. The standard InChI is InChI=1S/C9H22N2O/c1-9(2,12-5)6-8(7-10)11(3)4/h8H,6-7,10H2,1-5H3. The van der Waals surface area contributed by atoms with Crippen LogP contribution in [0.4, 0.5) is 0 Å². The Hall–Kier alpha value is -0.120.